The van der Waals surface area contributed by atoms with E-state index in [1.165, 1.54) is 77.5 Å². The van der Waals surface area contributed by atoms with Crippen molar-refractivity contribution >= 4 is 17.8 Å². The summed E-state index contributed by atoms with van der Waals surface area (Å²) in [6.45, 7) is 29.9. The number of rotatable bonds is 9. The molecule has 10 rings (SSSR count). The number of amides is 1. The Balaban J connectivity index is 0.822. The zero-order valence-electron chi connectivity index (χ0n) is 42.2. The summed E-state index contributed by atoms with van der Waals surface area (Å²) in [5.41, 5.74) is 1.17. The van der Waals surface area contributed by atoms with Gasteiger partial charge in [-0.2, -0.15) is 0 Å². The molecule has 1 aromatic carbocycles. The SMILES string of the molecule is CCN1CCN(C2CCN(C(=O)[C@]34CC[C@@H](C5(C)CC5)[C@@H]3[C@H]3CC[C@@H]5[C@@]6(C)CC[C@H](OC(=O)[C@H]7C[C@@H](C(=O)OCc8ccccc8)C7(C)C)C(C)(C)[C@@H]6CC[C@@]5(C)[C@]3(C)CC4)CC2)CC1. The summed E-state index contributed by atoms with van der Waals surface area (Å²) >= 11 is 0. The fraction of sp³-hybridized carbons (Fsp3) is 0.842. The first-order chi connectivity index (χ1) is 30.8. The number of hydrogen-bond donors (Lipinski definition) is 0. The summed E-state index contributed by atoms with van der Waals surface area (Å²) in [4.78, 5) is 50.5. The average Bonchev–Trinajstić information content (AvgIpc) is 3.91. The molecule has 7 saturated carbocycles. The van der Waals surface area contributed by atoms with Crippen molar-refractivity contribution in [2.24, 2.45) is 79.3 Å². The number of piperidine rings is 1. The van der Waals surface area contributed by atoms with E-state index in [1.54, 1.807) is 0 Å². The Kier molecular flexibility index (Phi) is 11.6. The number of esters is 2. The zero-order valence-corrected chi connectivity index (χ0v) is 42.2. The van der Waals surface area contributed by atoms with Gasteiger partial charge in [-0.3, -0.25) is 19.3 Å². The summed E-state index contributed by atoms with van der Waals surface area (Å²) in [7, 11) is 0. The topological polar surface area (TPSA) is 79.4 Å². The fourth-order valence-corrected chi connectivity index (χ4v) is 18.5. The van der Waals surface area contributed by atoms with Crippen LogP contribution in [0.5, 0.6) is 0 Å². The maximum atomic E-state index is 15.4. The lowest BCUT2D eigenvalue weighted by atomic mass is 9.32. The Hall–Kier alpha value is -2.45. The van der Waals surface area contributed by atoms with Gasteiger partial charge >= 0.3 is 11.9 Å². The van der Waals surface area contributed by atoms with E-state index in [2.05, 4.69) is 63.2 Å². The van der Waals surface area contributed by atoms with Crippen molar-refractivity contribution in [1.82, 2.24) is 14.7 Å². The first-order valence-electron chi connectivity index (χ1n) is 27.0. The Labute approximate surface area is 393 Å². The molecule has 2 aliphatic heterocycles. The van der Waals surface area contributed by atoms with Crippen LogP contribution >= 0.6 is 0 Å². The van der Waals surface area contributed by atoms with Crippen LogP contribution in [0, 0.1) is 79.3 Å². The van der Waals surface area contributed by atoms with Crippen LogP contribution in [0.4, 0.5) is 0 Å². The molecule has 1 amide bonds. The van der Waals surface area contributed by atoms with Crippen LogP contribution in [-0.4, -0.2) is 90.5 Å². The lowest BCUT2D eigenvalue weighted by Crippen LogP contribution is -2.68. The highest BCUT2D eigenvalue weighted by Gasteiger charge is 2.74. The predicted octanol–water partition coefficient (Wildman–Crippen LogP) is 10.8. The third kappa shape index (κ3) is 7.16. The van der Waals surface area contributed by atoms with Crippen molar-refractivity contribution in [3.63, 3.8) is 0 Å². The van der Waals surface area contributed by atoms with Crippen LogP contribution in [0.3, 0.4) is 0 Å². The second-order valence-electron chi connectivity index (χ2n) is 26.2. The molecule has 0 N–H and O–H groups in total. The lowest BCUT2D eigenvalue weighted by Gasteiger charge is -2.73. The van der Waals surface area contributed by atoms with Crippen molar-refractivity contribution in [2.45, 2.75) is 177 Å². The summed E-state index contributed by atoms with van der Waals surface area (Å²) in [6.07, 6.45) is 16.9. The highest BCUT2D eigenvalue weighted by molar-refractivity contribution is 5.84. The summed E-state index contributed by atoms with van der Waals surface area (Å²) in [5, 5.41) is 0. The second-order valence-corrected chi connectivity index (χ2v) is 26.2. The average molecular weight is 894 g/mol. The monoisotopic (exact) mass is 894 g/mol. The molecule has 0 radical (unpaired) electrons. The van der Waals surface area contributed by atoms with Crippen LogP contribution < -0.4 is 0 Å². The molecule has 0 spiro atoms. The zero-order chi connectivity index (χ0) is 46.0. The Morgan fingerprint density at radius 2 is 1.32 bits per heavy atom. The van der Waals surface area contributed by atoms with E-state index in [-0.39, 0.29) is 63.6 Å². The summed E-state index contributed by atoms with van der Waals surface area (Å²) < 4.78 is 12.4. The Morgan fingerprint density at radius 1 is 0.631 bits per heavy atom. The molecule has 8 heteroatoms. The molecule has 7 aliphatic carbocycles. The number of likely N-dealkylation sites (tertiary alicyclic amines) is 1. The van der Waals surface area contributed by atoms with E-state index in [9.17, 15) is 9.59 Å². The highest BCUT2D eigenvalue weighted by Crippen LogP contribution is 2.79. The third-order valence-corrected chi connectivity index (χ3v) is 23.2. The molecule has 2 heterocycles. The van der Waals surface area contributed by atoms with Gasteiger partial charge in [-0.15, -0.1) is 0 Å². The molecule has 0 aromatic heterocycles. The van der Waals surface area contributed by atoms with Crippen LogP contribution in [0.1, 0.15) is 164 Å². The molecule has 2 saturated heterocycles. The van der Waals surface area contributed by atoms with E-state index < -0.39 is 5.41 Å². The maximum Gasteiger partial charge on any atom is 0.309 e. The fourth-order valence-electron chi connectivity index (χ4n) is 18.5. The number of carbonyl (C=O) groups is 3. The summed E-state index contributed by atoms with van der Waals surface area (Å²) in [6, 6.07) is 10.4. The largest absolute Gasteiger partial charge is 0.462 e. The van der Waals surface area contributed by atoms with Gasteiger partial charge < -0.3 is 19.3 Å². The number of nitrogens with zero attached hydrogens (tertiary/aromatic N) is 3. The molecule has 8 nitrogen and oxygen atoms in total. The van der Waals surface area contributed by atoms with Gasteiger partial charge in [0.25, 0.3) is 0 Å². The van der Waals surface area contributed by atoms with Crippen molar-refractivity contribution < 1.29 is 23.9 Å². The highest BCUT2D eigenvalue weighted by atomic mass is 16.5. The second kappa shape index (κ2) is 16.3. The molecular formula is C57H87N3O5. The van der Waals surface area contributed by atoms with Crippen LogP contribution in [0.2, 0.25) is 0 Å². The van der Waals surface area contributed by atoms with Gasteiger partial charge in [0.05, 0.1) is 17.3 Å². The number of likely N-dealkylation sites (N-methyl/N-ethyl adjacent to an activating group) is 1. The van der Waals surface area contributed by atoms with E-state index in [4.69, 9.17) is 9.47 Å². The quantitative estimate of drug-likeness (QED) is 0.229. The first kappa shape index (κ1) is 46.3. The normalized spacial score (nSPS) is 43.2. The molecule has 12 atom stereocenters. The molecule has 360 valence electrons. The summed E-state index contributed by atoms with van der Waals surface area (Å²) in [5.74, 6) is 2.52. The molecule has 9 aliphatic rings. The van der Waals surface area contributed by atoms with Gasteiger partial charge in [-0.1, -0.05) is 92.6 Å². The maximum absolute atomic E-state index is 15.4. The van der Waals surface area contributed by atoms with E-state index in [0.717, 1.165) is 63.7 Å². The van der Waals surface area contributed by atoms with Gasteiger partial charge in [0.1, 0.15) is 12.7 Å². The van der Waals surface area contributed by atoms with E-state index in [0.29, 0.717) is 53.4 Å². The van der Waals surface area contributed by atoms with Crippen molar-refractivity contribution in [3.05, 3.63) is 35.9 Å². The Bertz CT molecular complexity index is 1960. The molecule has 0 bridgehead atoms. The van der Waals surface area contributed by atoms with Gasteiger partial charge in [-0.25, -0.2) is 0 Å². The molecule has 1 aromatic rings. The number of ether oxygens (including phenoxy) is 2. The molecular weight excluding hydrogens is 807 g/mol. The van der Waals surface area contributed by atoms with Crippen LogP contribution in [0.15, 0.2) is 30.3 Å². The van der Waals surface area contributed by atoms with Gasteiger partial charge in [0.15, 0.2) is 0 Å². The van der Waals surface area contributed by atoms with Gasteiger partial charge in [0.2, 0.25) is 5.91 Å². The minimum atomic E-state index is -0.503. The van der Waals surface area contributed by atoms with Crippen molar-refractivity contribution in [2.75, 3.05) is 45.8 Å². The number of carbonyl (C=O) groups excluding carboxylic acids is 3. The van der Waals surface area contributed by atoms with Crippen molar-refractivity contribution in [3.8, 4) is 0 Å². The van der Waals surface area contributed by atoms with E-state index >= 15 is 4.79 Å². The number of hydrogen-bond acceptors (Lipinski definition) is 7. The van der Waals surface area contributed by atoms with Crippen LogP contribution in [-0.2, 0) is 30.5 Å². The standard InChI is InChI=1S/C57H87N3O5/c1-10-58-32-34-59(35-33-58)39-21-30-60(31-22-39)50(63)57-25-18-40(53(6)26-27-53)47(57)41-16-17-45-54(7)23-20-46(52(4,5)44(54)19-24-56(45,9)55(41,8)28-29-57)65-49(62)43-36-42(51(43,2)3)48(61)64-37-38-14-12-11-13-15-38/h11-15,39-47H,10,16-37H2,1-9H3/t40-,41-,42+,43-,44+,45-,46+,47-,54+,55-,56-,57+/m1/s1. The molecule has 0 unspecified atom stereocenters. The third-order valence-electron chi connectivity index (χ3n) is 23.2. The first-order valence-corrected chi connectivity index (χ1v) is 27.0. The number of benzene rings is 1. The molecule has 9 fully saturated rings. The minimum Gasteiger partial charge on any atom is -0.462 e. The number of fused-ring (bicyclic) bond motifs is 7. The van der Waals surface area contributed by atoms with Crippen molar-refractivity contribution in [1.29, 1.82) is 0 Å². The van der Waals surface area contributed by atoms with E-state index in [1.807, 2.05) is 44.2 Å². The van der Waals surface area contributed by atoms with Gasteiger partial charge in [0, 0.05) is 50.7 Å². The Morgan fingerprint density at radius 3 is 1.98 bits per heavy atom. The number of piperazine rings is 1. The molecule has 65 heavy (non-hydrogen) atoms. The smallest absolute Gasteiger partial charge is 0.309 e. The predicted molar refractivity (Wildman–Crippen MR) is 256 cm³/mol. The van der Waals surface area contributed by atoms with Gasteiger partial charge in [-0.05, 0) is 165 Å². The minimum absolute atomic E-state index is 0.122. The van der Waals surface area contributed by atoms with Crippen LogP contribution in [0.25, 0.3) is 0 Å². The lowest BCUT2D eigenvalue weighted by molar-refractivity contribution is -0.253.